The maximum atomic E-state index is 12.8. The summed E-state index contributed by atoms with van der Waals surface area (Å²) in [7, 11) is 4.87. The lowest BCUT2D eigenvalue weighted by atomic mass is 10.3. The molecule has 0 saturated heterocycles. The largest absolute Gasteiger partial charge is 0.388 e. The molecule has 0 aromatic carbocycles. The molecule has 0 saturated carbocycles. The number of nitrogens with one attached hydrogen (secondary N) is 5. The highest BCUT2D eigenvalue weighted by molar-refractivity contribution is 6.07. The fraction of sp³-hybridized carbons (Fsp3) is 0.238. The van der Waals surface area contributed by atoms with Crippen molar-refractivity contribution in [3.8, 4) is 0 Å². The Hall–Kier alpha value is -4.88. The standard InChI is InChI=1S/C21H26N10O4/c1-29-9-12(25-11-32)6-14(29)20(34)26-13-7-15(30(2)10-13)21(35)27-18-8-16(31(3)28-18)19(33)24-5-4-17(22)23/h6-11H,4-5H2,1-3H3,(H3,22,23)(H,24,33)(H,25,32)(H,26,34)(H,27,28,35). The van der Waals surface area contributed by atoms with Gasteiger partial charge < -0.3 is 36.1 Å². The number of aromatic nitrogens is 4. The van der Waals surface area contributed by atoms with Gasteiger partial charge in [0.15, 0.2) is 5.82 Å². The molecule has 0 fully saturated rings. The van der Waals surface area contributed by atoms with Crippen LogP contribution in [0.2, 0.25) is 0 Å². The molecule has 184 valence electrons. The fourth-order valence-corrected chi connectivity index (χ4v) is 3.31. The van der Waals surface area contributed by atoms with Gasteiger partial charge in [0, 0.05) is 52.6 Å². The minimum Gasteiger partial charge on any atom is -0.388 e. The van der Waals surface area contributed by atoms with E-state index in [4.69, 9.17) is 11.1 Å². The van der Waals surface area contributed by atoms with Crippen molar-refractivity contribution in [2.45, 2.75) is 6.42 Å². The van der Waals surface area contributed by atoms with Crippen LogP contribution in [0.3, 0.4) is 0 Å². The monoisotopic (exact) mass is 482 g/mol. The number of hydrogen-bond acceptors (Lipinski definition) is 6. The van der Waals surface area contributed by atoms with Crippen molar-refractivity contribution in [1.82, 2.24) is 24.2 Å². The van der Waals surface area contributed by atoms with Gasteiger partial charge in [-0.2, -0.15) is 5.10 Å². The van der Waals surface area contributed by atoms with Gasteiger partial charge in [-0.1, -0.05) is 0 Å². The number of amides is 4. The summed E-state index contributed by atoms with van der Waals surface area (Å²) in [5.41, 5.74) is 6.91. The molecule has 3 heterocycles. The van der Waals surface area contributed by atoms with Crippen LogP contribution in [0.1, 0.15) is 37.9 Å². The molecule has 14 nitrogen and oxygen atoms in total. The Morgan fingerprint density at radius 3 is 2.17 bits per heavy atom. The van der Waals surface area contributed by atoms with Crippen LogP contribution in [-0.4, -0.2) is 55.4 Å². The average molecular weight is 483 g/mol. The summed E-state index contributed by atoms with van der Waals surface area (Å²) in [6.07, 6.45) is 3.91. The van der Waals surface area contributed by atoms with Crippen LogP contribution in [0.25, 0.3) is 0 Å². The van der Waals surface area contributed by atoms with Crippen molar-refractivity contribution in [2.24, 2.45) is 26.9 Å². The molecule has 14 heteroatoms. The maximum absolute atomic E-state index is 12.8. The van der Waals surface area contributed by atoms with Crippen LogP contribution in [-0.2, 0) is 25.9 Å². The number of nitrogens with zero attached hydrogens (tertiary/aromatic N) is 4. The van der Waals surface area contributed by atoms with Crippen molar-refractivity contribution in [3.05, 3.63) is 47.7 Å². The zero-order valence-electron chi connectivity index (χ0n) is 19.4. The average Bonchev–Trinajstić information content (AvgIpc) is 3.44. The van der Waals surface area contributed by atoms with Crippen LogP contribution < -0.4 is 27.0 Å². The number of anilines is 3. The van der Waals surface area contributed by atoms with E-state index in [0.29, 0.717) is 23.5 Å². The minimum absolute atomic E-state index is 0.0373. The quantitative estimate of drug-likeness (QED) is 0.136. The third-order valence-electron chi connectivity index (χ3n) is 4.99. The first kappa shape index (κ1) is 24.8. The first-order valence-corrected chi connectivity index (χ1v) is 10.4. The summed E-state index contributed by atoms with van der Waals surface area (Å²) in [6.45, 7) is 0.205. The minimum atomic E-state index is -0.494. The van der Waals surface area contributed by atoms with E-state index in [9.17, 15) is 19.2 Å². The number of aryl methyl sites for hydroxylation is 3. The highest BCUT2D eigenvalue weighted by Crippen LogP contribution is 2.18. The fourth-order valence-electron chi connectivity index (χ4n) is 3.31. The number of rotatable bonds is 10. The molecule has 0 aliphatic heterocycles. The molecule has 3 rings (SSSR count). The molecule has 0 aliphatic rings. The number of hydrogen-bond donors (Lipinski definition) is 6. The molecule has 0 unspecified atom stereocenters. The van der Waals surface area contributed by atoms with E-state index in [1.807, 2.05) is 0 Å². The number of nitrogens with two attached hydrogens (primary N) is 1. The number of amidine groups is 1. The van der Waals surface area contributed by atoms with Crippen LogP contribution in [0.15, 0.2) is 30.6 Å². The molecule has 0 aliphatic carbocycles. The maximum Gasteiger partial charge on any atom is 0.273 e. The Morgan fingerprint density at radius 2 is 1.54 bits per heavy atom. The summed E-state index contributed by atoms with van der Waals surface area (Å²) in [5, 5.41) is 21.8. The Balaban J connectivity index is 1.67. The predicted octanol–water partition coefficient (Wildman–Crippen LogP) is 0.226. The smallest absolute Gasteiger partial charge is 0.273 e. The second-order valence-electron chi connectivity index (χ2n) is 7.69. The van der Waals surface area contributed by atoms with Crippen LogP contribution in [0.4, 0.5) is 17.2 Å². The van der Waals surface area contributed by atoms with E-state index >= 15 is 0 Å². The van der Waals surface area contributed by atoms with Crippen LogP contribution in [0, 0.1) is 5.41 Å². The van der Waals surface area contributed by atoms with Gasteiger partial charge in [0.25, 0.3) is 17.7 Å². The second kappa shape index (κ2) is 10.4. The highest BCUT2D eigenvalue weighted by atomic mass is 16.2. The second-order valence-corrected chi connectivity index (χ2v) is 7.69. The summed E-state index contributed by atoms with van der Waals surface area (Å²) in [6, 6.07) is 4.45. The molecule has 3 aromatic heterocycles. The lowest BCUT2D eigenvalue weighted by Crippen LogP contribution is -2.29. The van der Waals surface area contributed by atoms with Crippen LogP contribution in [0.5, 0.6) is 0 Å². The van der Waals surface area contributed by atoms with E-state index in [1.54, 1.807) is 38.1 Å². The Morgan fingerprint density at radius 1 is 0.943 bits per heavy atom. The molecule has 0 spiro atoms. The van der Waals surface area contributed by atoms with E-state index in [2.05, 4.69) is 26.4 Å². The van der Waals surface area contributed by atoms with E-state index in [1.165, 1.54) is 27.4 Å². The lowest BCUT2D eigenvalue weighted by Gasteiger charge is -2.03. The van der Waals surface area contributed by atoms with Crippen molar-refractivity contribution in [1.29, 1.82) is 5.41 Å². The third kappa shape index (κ3) is 5.93. The molecular formula is C21H26N10O4. The van der Waals surface area contributed by atoms with Crippen molar-refractivity contribution in [2.75, 3.05) is 22.5 Å². The molecule has 3 aromatic rings. The van der Waals surface area contributed by atoms with E-state index in [0.717, 1.165) is 0 Å². The molecule has 4 amide bonds. The molecule has 35 heavy (non-hydrogen) atoms. The first-order chi connectivity index (χ1) is 16.6. The van der Waals surface area contributed by atoms with Crippen molar-refractivity contribution in [3.63, 3.8) is 0 Å². The topological polar surface area (TPSA) is 194 Å². The van der Waals surface area contributed by atoms with Gasteiger partial charge in [0.1, 0.15) is 17.1 Å². The van der Waals surface area contributed by atoms with E-state index < -0.39 is 17.7 Å². The van der Waals surface area contributed by atoms with Gasteiger partial charge in [0.05, 0.1) is 17.2 Å². The first-order valence-electron chi connectivity index (χ1n) is 10.4. The zero-order valence-corrected chi connectivity index (χ0v) is 19.4. The highest BCUT2D eigenvalue weighted by Gasteiger charge is 2.19. The lowest BCUT2D eigenvalue weighted by molar-refractivity contribution is -0.105. The summed E-state index contributed by atoms with van der Waals surface area (Å²) >= 11 is 0. The summed E-state index contributed by atoms with van der Waals surface area (Å²) in [4.78, 5) is 48.3. The van der Waals surface area contributed by atoms with Crippen molar-refractivity contribution < 1.29 is 19.2 Å². The summed E-state index contributed by atoms with van der Waals surface area (Å²) in [5.74, 6) is -1.21. The molecule has 0 radical (unpaired) electrons. The van der Waals surface area contributed by atoms with Gasteiger partial charge in [-0.3, -0.25) is 29.3 Å². The molecule has 7 N–H and O–H groups in total. The third-order valence-corrected chi connectivity index (χ3v) is 4.99. The van der Waals surface area contributed by atoms with Crippen LogP contribution >= 0.6 is 0 Å². The summed E-state index contributed by atoms with van der Waals surface area (Å²) < 4.78 is 4.42. The van der Waals surface area contributed by atoms with Gasteiger partial charge in [0.2, 0.25) is 6.41 Å². The SMILES string of the molecule is Cn1cc(NC=O)cc1C(=O)Nc1cc(C(=O)Nc2cc(C(=O)NCCC(=N)N)n(C)n2)n(C)c1. The normalized spacial score (nSPS) is 10.5. The Kier molecular flexibility index (Phi) is 7.34. The zero-order chi connectivity index (χ0) is 25.7. The number of carbonyl (C=O) groups excluding carboxylic acids is 4. The van der Waals surface area contributed by atoms with E-state index in [-0.39, 0.29) is 36.0 Å². The van der Waals surface area contributed by atoms with Gasteiger partial charge in [-0.15, -0.1) is 0 Å². The Labute approximate surface area is 200 Å². The van der Waals surface area contributed by atoms with Gasteiger partial charge in [-0.05, 0) is 12.1 Å². The molecule has 0 bridgehead atoms. The Bertz CT molecular complexity index is 1300. The van der Waals surface area contributed by atoms with Gasteiger partial charge in [-0.25, -0.2) is 0 Å². The number of carbonyl (C=O) groups is 4. The van der Waals surface area contributed by atoms with Crippen molar-refractivity contribution >= 4 is 47.2 Å². The molecular weight excluding hydrogens is 456 g/mol. The molecule has 0 atom stereocenters. The predicted molar refractivity (Wildman–Crippen MR) is 128 cm³/mol. The van der Waals surface area contributed by atoms with Gasteiger partial charge >= 0.3 is 0 Å².